The van der Waals surface area contributed by atoms with Crippen molar-refractivity contribution >= 4 is 15.8 Å². The molecule has 0 bridgehead atoms. The van der Waals surface area contributed by atoms with Gasteiger partial charge in [-0.05, 0) is 11.1 Å². The van der Waals surface area contributed by atoms with Crippen molar-refractivity contribution in [2.75, 3.05) is 7.11 Å². The standard InChI is InChI=1S/C15H16OSi/c1-16-15(17)14(12-8-4-2-5-9-12)13-10-6-3-7-11-13/h2-11H,1,17H3. The van der Waals surface area contributed by atoms with Gasteiger partial charge < -0.3 is 4.74 Å². The van der Waals surface area contributed by atoms with E-state index in [0.717, 1.165) is 15.6 Å². The molecule has 0 aliphatic heterocycles. The van der Waals surface area contributed by atoms with Crippen LogP contribution in [-0.4, -0.2) is 17.4 Å². The molecule has 0 atom stereocenters. The third-order valence-corrected chi connectivity index (χ3v) is 3.69. The van der Waals surface area contributed by atoms with Crippen molar-refractivity contribution in [2.24, 2.45) is 0 Å². The average Bonchev–Trinajstić information content (AvgIpc) is 2.41. The first-order valence-electron chi connectivity index (χ1n) is 5.68. The number of methoxy groups -OCH3 is 1. The minimum atomic E-state index is 0.900. The highest BCUT2D eigenvalue weighted by atomic mass is 28.1. The molecule has 0 fully saturated rings. The first kappa shape index (κ1) is 11.7. The summed E-state index contributed by atoms with van der Waals surface area (Å²) >= 11 is 0. The molecule has 0 aromatic heterocycles. The summed E-state index contributed by atoms with van der Waals surface area (Å²) in [6, 6.07) is 20.8. The van der Waals surface area contributed by atoms with Crippen molar-refractivity contribution in [3.63, 3.8) is 0 Å². The maximum atomic E-state index is 5.46. The summed E-state index contributed by atoms with van der Waals surface area (Å²) in [7, 11) is 2.64. The van der Waals surface area contributed by atoms with Crippen LogP contribution >= 0.6 is 0 Å². The molecule has 0 aliphatic carbocycles. The molecule has 2 heteroatoms. The van der Waals surface area contributed by atoms with Crippen molar-refractivity contribution in [1.82, 2.24) is 0 Å². The Bertz CT molecular complexity index is 461. The van der Waals surface area contributed by atoms with Gasteiger partial charge >= 0.3 is 0 Å². The second kappa shape index (κ2) is 5.50. The summed E-state index contributed by atoms with van der Waals surface area (Å²) in [6.45, 7) is 0. The van der Waals surface area contributed by atoms with E-state index in [4.69, 9.17) is 4.74 Å². The van der Waals surface area contributed by atoms with Crippen molar-refractivity contribution in [1.29, 1.82) is 0 Å². The highest BCUT2D eigenvalue weighted by Gasteiger charge is 2.08. The molecule has 86 valence electrons. The Kier molecular flexibility index (Phi) is 3.78. The molecule has 2 aromatic carbocycles. The first-order chi connectivity index (χ1) is 8.33. The summed E-state index contributed by atoms with van der Waals surface area (Å²) in [5, 5.41) is 1.07. The molecule has 1 nitrogen and oxygen atoms in total. The molecule has 17 heavy (non-hydrogen) atoms. The Morgan fingerprint density at radius 2 is 1.24 bits per heavy atom. The van der Waals surface area contributed by atoms with E-state index in [-0.39, 0.29) is 0 Å². The Labute approximate surface area is 105 Å². The zero-order chi connectivity index (χ0) is 12.1. The van der Waals surface area contributed by atoms with Crippen LogP contribution in [0.4, 0.5) is 0 Å². The predicted molar refractivity (Wildman–Crippen MR) is 75.9 cm³/mol. The maximum Gasteiger partial charge on any atom is 0.0841 e. The highest BCUT2D eigenvalue weighted by molar-refractivity contribution is 6.25. The van der Waals surface area contributed by atoms with Crippen molar-refractivity contribution in [3.8, 4) is 0 Å². The summed E-state index contributed by atoms with van der Waals surface area (Å²) in [4.78, 5) is 0. The molecule has 2 aromatic rings. The molecule has 0 amide bonds. The number of benzene rings is 2. The maximum absolute atomic E-state index is 5.46. The molecular formula is C15H16OSi. The zero-order valence-corrected chi connectivity index (χ0v) is 12.2. The lowest BCUT2D eigenvalue weighted by Crippen LogP contribution is -1.96. The van der Waals surface area contributed by atoms with Crippen LogP contribution in [0.25, 0.3) is 5.57 Å². The summed E-state index contributed by atoms with van der Waals surface area (Å²) in [5.74, 6) is 0. The zero-order valence-electron chi connectivity index (χ0n) is 10.2. The minimum Gasteiger partial charge on any atom is -0.507 e. The van der Waals surface area contributed by atoms with E-state index >= 15 is 0 Å². The van der Waals surface area contributed by atoms with Gasteiger partial charge in [-0.2, -0.15) is 0 Å². The van der Waals surface area contributed by atoms with Gasteiger partial charge in [-0.3, -0.25) is 0 Å². The van der Waals surface area contributed by atoms with E-state index in [0.29, 0.717) is 0 Å². The third-order valence-electron chi connectivity index (χ3n) is 2.78. The molecule has 0 heterocycles. The van der Waals surface area contributed by atoms with Gasteiger partial charge in [0.2, 0.25) is 0 Å². The Morgan fingerprint density at radius 1 is 0.824 bits per heavy atom. The van der Waals surface area contributed by atoms with Crippen LogP contribution in [0.2, 0.25) is 0 Å². The van der Waals surface area contributed by atoms with Gasteiger partial charge in [-0.25, -0.2) is 0 Å². The number of hydrogen-bond acceptors (Lipinski definition) is 1. The van der Waals surface area contributed by atoms with Gasteiger partial charge in [0.05, 0.1) is 22.7 Å². The van der Waals surface area contributed by atoms with Crippen molar-refractivity contribution in [3.05, 3.63) is 77.2 Å². The van der Waals surface area contributed by atoms with Crippen LogP contribution in [-0.2, 0) is 4.74 Å². The van der Waals surface area contributed by atoms with Crippen LogP contribution in [0, 0.1) is 0 Å². The molecule has 2 rings (SSSR count). The lowest BCUT2D eigenvalue weighted by atomic mass is 9.99. The molecule has 0 aliphatic rings. The normalized spacial score (nSPS) is 9.94. The summed E-state index contributed by atoms with van der Waals surface area (Å²) in [5.41, 5.74) is 3.64. The number of hydrogen-bond donors (Lipinski definition) is 0. The molecule has 0 spiro atoms. The van der Waals surface area contributed by atoms with Crippen LogP contribution in [0.15, 0.2) is 66.0 Å². The highest BCUT2D eigenvalue weighted by Crippen LogP contribution is 2.25. The monoisotopic (exact) mass is 240 g/mol. The van der Waals surface area contributed by atoms with Gasteiger partial charge in [0.1, 0.15) is 0 Å². The van der Waals surface area contributed by atoms with E-state index in [2.05, 4.69) is 48.5 Å². The number of rotatable bonds is 3. The van der Waals surface area contributed by atoms with E-state index in [1.807, 2.05) is 12.1 Å². The van der Waals surface area contributed by atoms with Crippen LogP contribution in [0.1, 0.15) is 11.1 Å². The van der Waals surface area contributed by atoms with E-state index in [9.17, 15) is 0 Å². The Hall–Kier alpha value is -1.80. The van der Waals surface area contributed by atoms with Gasteiger partial charge in [0.25, 0.3) is 0 Å². The van der Waals surface area contributed by atoms with Gasteiger partial charge in [-0.1, -0.05) is 60.7 Å². The molecule has 0 radical (unpaired) electrons. The SMILES string of the molecule is COC([SiH3])=C(c1ccccc1)c1ccccc1. The van der Waals surface area contributed by atoms with E-state index in [1.54, 1.807) is 7.11 Å². The van der Waals surface area contributed by atoms with Crippen molar-refractivity contribution < 1.29 is 4.74 Å². The topological polar surface area (TPSA) is 9.23 Å². The van der Waals surface area contributed by atoms with Crippen LogP contribution in [0.5, 0.6) is 0 Å². The lowest BCUT2D eigenvalue weighted by molar-refractivity contribution is 0.323. The third kappa shape index (κ3) is 2.66. The molecular weight excluding hydrogens is 224 g/mol. The second-order valence-electron chi connectivity index (χ2n) is 3.87. The molecule has 0 saturated heterocycles. The first-order valence-corrected chi connectivity index (χ1v) is 6.68. The fourth-order valence-corrected chi connectivity index (χ4v) is 2.46. The van der Waals surface area contributed by atoms with Gasteiger partial charge in [-0.15, -0.1) is 0 Å². The van der Waals surface area contributed by atoms with Crippen LogP contribution in [0.3, 0.4) is 0 Å². The second-order valence-corrected chi connectivity index (χ2v) is 4.78. The Balaban J connectivity index is 2.56. The van der Waals surface area contributed by atoms with Crippen molar-refractivity contribution in [2.45, 2.75) is 0 Å². The molecule has 0 N–H and O–H groups in total. The fourth-order valence-electron chi connectivity index (χ4n) is 1.88. The van der Waals surface area contributed by atoms with Crippen LogP contribution < -0.4 is 0 Å². The largest absolute Gasteiger partial charge is 0.507 e. The minimum absolute atomic E-state index is 0.900. The fraction of sp³-hybridized carbons (Fsp3) is 0.0667. The van der Waals surface area contributed by atoms with E-state index in [1.165, 1.54) is 16.7 Å². The number of ether oxygens (including phenoxy) is 1. The smallest absolute Gasteiger partial charge is 0.0841 e. The average molecular weight is 240 g/mol. The lowest BCUT2D eigenvalue weighted by Gasteiger charge is -2.12. The summed E-state index contributed by atoms with van der Waals surface area (Å²) in [6.07, 6.45) is 0. The van der Waals surface area contributed by atoms with E-state index < -0.39 is 0 Å². The molecule has 0 unspecified atom stereocenters. The predicted octanol–water partition coefficient (Wildman–Crippen LogP) is 2.42. The summed E-state index contributed by atoms with van der Waals surface area (Å²) < 4.78 is 5.46. The molecule has 0 saturated carbocycles. The Morgan fingerprint density at radius 3 is 1.59 bits per heavy atom. The van der Waals surface area contributed by atoms with Gasteiger partial charge in [0, 0.05) is 5.57 Å². The van der Waals surface area contributed by atoms with Gasteiger partial charge in [0.15, 0.2) is 0 Å². The quantitative estimate of drug-likeness (QED) is 0.591.